The molecule has 0 aromatic rings. The molecule has 1 fully saturated rings. The lowest BCUT2D eigenvalue weighted by atomic mass is 9.79. The SMILES string of the molecule is CCCCCCCCCCC(C)(CNCC)C1CC1. The van der Waals surface area contributed by atoms with E-state index >= 15 is 0 Å². The van der Waals surface area contributed by atoms with Crippen molar-refractivity contribution in [2.75, 3.05) is 13.1 Å². The molecule has 0 heterocycles. The maximum Gasteiger partial charge on any atom is 0.000770 e. The Balaban J connectivity index is 2.02. The Labute approximate surface area is 121 Å². The fourth-order valence-corrected chi connectivity index (χ4v) is 3.29. The highest BCUT2D eigenvalue weighted by Crippen LogP contribution is 2.48. The molecule has 1 saturated carbocycles. The van der Waals surface area contributed by atoms with Gasteiger partial charge in [0.1, 0.15) is 0 Å². The number of hydrogen-bond donors (Lipinski definition) is 1. The van der Waals surface area contributed by atoms with Crippen molar-refractivity contribution in [3.05, 3.63) is 0 Å². The third-order valence-electron chi connectivity index (χ3n) is 4.94. The minimum Gasteiger partial charge on any atom is -0.316 e. The molecule has 0 spiro atoms. The Morgan fingerprint density at radius 2 is 1.47 bits per heavy atom. The summed E-state index contributed by atoms with van der Waals surface area (Å²) >= 11 is 0. The van der Waals surface area contributed by atoms with E-state index in [1.165, 1.54) is 77.2 Å². The quantitative estimate of drug-likeness (QED) is 0.432. The van der Waals surface area contributed by atoms with Crippen LogP contribution in [-0.4, -0.2) is 13.1 Å². The number of unbranched alkanes of at least 4 members (excludes halogenated alkanes) is 7. The normalized spacial score (nSPS) is 18.5. The lowest BCUT2D eigenvalue weighted by molar-refractivity contribution is 0.229. The molecule has 0 aliphatic heterocycles. The van der Waals surface area contributed by atoms with Gasteiger partial charge in [-0.1, -0.05) is 72.1 Å². The van der Waals surface area contributed by atoms with Crippen LogP contribution < -0.4 is 5.32 Å². The highest BCUT2D eigenvalue weighted by molar-refractivity contribution is 4.92. The summed E-state index contributed by atoms with van der Waals surface area (Å²) in [5, 5.41) is 3.59. The first-order valence-electron chi connectivity index (χ1n) is 8.93. The zero-order chi connectivity index (χ0) is 14.0. The van der Waals surface area contributed by atoms with Crippen molar-refractivity contribution in [2.24, 2.45) is 11.3 Å². The van der Waals surface area contributed by atoms with Crippen LogP contribution in [0.3, 0.4) is 0 Å². The summed E-state index contributed by atoms with van der Waals surface area (Å²) in [6.07, 6.45) is 16.0. The van der Waals surface area contributed by atoms with Crippen LogP contribution in [0.15, 0.2) is 0 Å². The van der Waals surface area contributed by atoms with Crippen molar-refractivity contribution in [1.29, 1.82) is 0 Å². The van der Waals surface area contributed by atoms with Crippen molar-refractivity contribution < 1.29 is 0 Å². The Hall–Kier alpha value is -0.0400. The van der Waals surface area contributed by atoms with Crippen molar-refractivity contribution >= 4 is 0 Å². The molecule has 0 aromatic carbocycles. The lowest BCUT2D eigenvalue weighted by Crippen LogP contribution is -2.33. The van der Waals surface area contributed by atoms with Gasteiger partial charge in [-0.15, -0.1) is 0 Å². The molecule has 0 bridgehead atoms. The van der Waals surface area contributed by atoms with Gasteiger partial charge in [0.25, 0.3) is 0 Å². The molecule has 0 radical (unpaired) electrons. The van der Waals surface area contributed by atoms with Gasteiger partial charge < -0.3 is 5.32 Å². The fraction of sp³-hybridized carbons (Fsp3) is 1.00. The Bertz CT molecular complexity index is 210. The van der Waals surface area contributed by atoms with Gasteiger partial charge in [0.2, 0.25) is 0 Å². The first kappa shape index (κ1) is 17.0. The third kappa shape index (κ3) is 7.34. The molecule has 0 amide bonds. The molecule has 1 rings (SSSR count). The van der Waals surface area contributed by atoms with E-state index in [0.717, 1.165) is 12.5 Å². The molecular formula is C18H37N. The summed E-state index contributed by atoms with van der Waals surface area (Å²) in [7, 11) is 0. The van der Waals surface area contributed by atoms with Gasteiger partial charge in [-0.2, -0.15) is 0 Å². The highest BCUT2D eigenvalue weighted by atomic mass is 14.9. The van der Waals surface area contributed by atoms with Gasteiger partial charge >= 0.3 is 0 Å². The summed E-state index contributed by atoms with van der Waals surface area (Å²) < 4.78 is 0. The Morgan fingerprint density at radius 3 is 2.00 bits per heavy atom. The Kier molecular flexibility index (Phi) is 8.77. The lowest BCUT2D eigenvalue weighted by Gasteiger charge is -2.30. The summed E-state index contributed by atoms with van der Waals surface area (Å²) in [5.41, 5.74) is 0.595. The minimum atomic E-state index is 0.595. The van der Waals surface area contributed by atoms with E-state index in [1.54, 1.807) is 0 Å². The Morgan fingerprint density at radius 1 is 0.895 bits per heavy atom. The van der Waals surface area contributed by atoms with Crippen molar-refractivity contribution in [2.45, 2.75) is 91.4 Å². The van der Waals surface area contributed by atoms with E-state index in [4.69, 9.17) is 0 Å². The molecule has 1 aliphatic rings. The zero-order valence-electron chi connectivity index (χ0n) is 13.8. The van der Waals surface area contributed by atoms with E-state index in [-0.39, 0.29) is 0 Å². The average molecular weight is 268 g/mol. The van der Waals surface area contributed by atoms with Crippen LogP contribution in [0.4, 0.5) is 0 Å². The van der Waals surface area contributed by atoms with Gasteiger partial charge in [-0.05, 0) is 37.1 Å². The molecule has 1 heteroatoms. The topological polar surface area (TPSA) is 12.0 Å². The summed E-state index contributed by atoms with van der Waals surface area (Å²) in [6.45, 7) is 9.41. The number of hydrogen-bond acceptors (Lipinski definition) is 1. The van der Waals surface area contributed by atoms with Crippen molar-refractivity contribution in [3.63, 3.8) is 0 Å². The zero-order valence-corrected chi connectivity index (χ0v) is 13.8. The first-order valence-corrected chi connectivity index (χ1v) is 8.93. The molecule has 0 saturated heterocycles. The molecule has 19 heavy (non-hydrogen) atoms. The molecule has 1 N–H and O–H groups in total. The second-order valence-corrected chi connectivity index (χ2v) is 6.93. The van der Waals surface area contributed by atoms with Gasteiger partial charge in [-0.25, -0.2) is 0 Å². The summed E-state index contributed by atoms with van der Waals surface area (Å²) in [6, 6.07) is 0. The number of rotatable bonds is 13. The molecule has 1 aliphatic carbocycles. The molecule has 114 valence electrons. The predicted octanol–water partition coefficient (Wildman–Crippen LogP) is 5.54. The predicted molar refractivity (Wildman–Crippen MR) is 86.6 cm³/mol. The largest absolute Gasteiger partial charge is 0.316 e. The molecule has 1 unspecified atom stereocenters. The van der Waals surface area contributed by atoms with Gasteiger partial charge in [0.05, 0.1) is 0 Å². The van der Waals surface area contributed by atoms with E-state index in [0.29, 0.717) is 5.41 Å². The van der Waals surface area contributed by atoms with E-state index in [1.807, 2.05) is 0 Å². The summed E-state index contributed by atoms with van der Waals surface area (Å²) in [4.78, 5) is 0. The van der Waals surface area contributed by atoms with Crippen LogP contribution in [0.2, 0.25) is 0 Å². The van der Waals surface area contributed by atoms with Gasteiger partial charge in [0, 0.05) is 6.54 Å². The standard InChI is InChI=1S/C18H37N/c1-4-6-7-8-9-10-11-12-15-18(3,16-19-5-2)17-13-14-17/h17,19H,4-16H2,1-3H3. The van der Waals surface area contributed by atoms with Gasteiger partial charge in [-0.3, -0.25) is 0 Å². The van der Waals surface area contributed by atoms with Crippen LogP contribution in [-0.2, 0) is 0 Å². The fourth-order valence-electron chi connectivity index (χ4n) is 3.29. The van der Waals surface area contributed by atoms with E-state index in [9.17, 15) is 0 Å². The van der Waals surface area contributed by atoms with Crippen LogP contribution in [0.5, 0.6) is 0 Å². The van der Waals surface area contributed by atoms with Crippen molar-refractivity contribution in [1.82, 2.24) is 5.32 Å². The molecule has 0 aromatic heterocycles. The summed E-state index contributed by atoms with van der Waals surface area (Å²) in [5.74, 6) is 1.02. The monoisotopic (exact) mass is 267 g/mol. The molecule has 1 atom stereocenters. The van der Waals surface area contributed by atoms with Crippen molar-refractivity contribution in [3.8, 4) is 0 Å². The van der Waals surface area contributed by atoms with E-state index in [2.05, 4.69) is 26.1 Å². The van der Waals surface area contributed by atoms with Crippen LogP contribution in [0.25, 0.3) is 0 Å². The first-order chi connectivity index (χ1) is 9.23. The van der Waals surface area contributed by atoms with Crippen LogP contribution in [0.1, 0.15) is 91.4 Å². The molecular weight excluding hydrogens is 230 g/mol. The maximum atomic E-state index is 3.59. The van der Waals surface area contributed by atoms with Gasteiger partial charge in [0.15, 0.2) is 0 Å². The molecule has 1 nitrogen and oxygen atoms in total. The minimum absolute atomic E-state index is 0.595. The second kappa shape index (κ2) is 9.80. The second-order valence-electron chi connectivity index (χ2n) is 6.93. The third-order valence-corrected chi connectivity index (χ3v) is 4.94. The van der Waals surface area contributed by atoms with Crippen LogP contribution >= 0.6 is 0 Å². The smallest absolute Gasteiger partial charge is 0.000770 e. The number of nitrogens with one attached hydrogen (secondary N) is 1. The average Bonchev–Trinajstić information content (AvgIpc) is 3.24. The maximum absolute atomic E-state index is 3.59. The van der Waals surface area contributed by atoms with E-state index < -0.39 is 0 Å². The van der Waals surface area contributed by atoms with Crippen LogP contribution in [0, 0.1) is 11.3 Å². The highest BCUT2D eigenvalue weighted by Gasteiger charge is 2.40.